The van der Waals surface area contributed by atoms with Gasteiger partial charge in [0.2, 0.25) is 0 Å². The van der Waals surface area contributed by atoms with Crippen LogP contribution in [0, 0.1) is 11.3 Å². The molecule has 0 aromatic carbocycles. The zero-order valence-corrected chi connectivity index (χ0v) is 36.4. The number of rotatable bonds is 39. The van der Waals surface area contributed by atoms with E-state index in [2.05, 4.69) is 53.6 Å². The van der Waals surface area contributed by atoms with Gasteiger partial charge in [-0.2, -0.15) is 0 Å². The summed E-state index contributed by atoms with van der Waals surface area (Å²) in [6.07, 6.45) is 31.7. The van der Waals surface area contributed by atoms with Crippen molar-refractivity contribution in [3.63, 3.8) is 0 Å². The van der Waals surface area contributed by atoms with Gasteiger partial charge in [0.15, 0.2) is 0 Å². The summed E-state index contributed by atoms with van der Waals surface area (Å²) in [7, 11) is 4.20. The number of esters is 3. The SMILES string of the molecule is CCCCCCCCCOC(=O)CCCCCCCC(CCCCCCCC(=O)OCCCCCCCCC)OC(=O)CC(C)CC(C)(C)CN(C)C. The Morgan fingerprint density at radius 2 is 0.906 bits per heavy atom. The maximum Gasteiger partial charge on any atom is 0.306 e. The van der Waals surface area contributed by atoms with E-state index < -0.39 is 0 Å². The molecular formula is C46H89NO6. The van der Waals surface area contributed by atoms with Crippen molar-refractivity contribution in [2.75, 3.05) is 33.9 Å². The van der Waals surface area contributed by atoms with Crippen LogP contribution < -0.4 is 0 Å². The zero-order valence-electron chi connectivity index (χ0n) is 36.4. The molecule has 1 atom stereocenters. The first kappa shape index (κ1) is 51.4. The van der Waals surface area contributed by atoms with E-state index in [9.17, 15) is 14.4 Å². The molecule has 314 valence electrons. The Kier molecular flexibility index (Phi) is 34.9. The maximum atomic E-state index is 13.1. The minimum Gasteiger partial charge on any atom is -0.466 e. The van der Waals surface area contributed by atoms with Crippen molar-refractivity contribution in [3.8, 4) is 0 Å². The van der Waals surface area contributed by atoms with Gasteiger partial charge in [0.25, 0.3) is 0 Å². The van der Waals surface area contributed by atoms with E-state index in [0.717, 1.165) is 116 Å². The quantitative estimate of drug-likeness (QED) is 0.0351. The lowest BCUT2D eigenvalue weighted by Crippen LogP contribution is -2.31. The molecule has 0 aliphatic rings. The third-order valence-electron chi connectivity index (χ3n) is 10.3. The van der Waals surface area contributed by atoms with Crippen molar-refractivity contribution in [2.45, 2.75) is 233 Å². The Morgan fingerprint density at radius 3 is 1.32 bits per heavy atom. The minimum absolute atomic E-state index is 0.0345. The first-order chi connectivity index (χ1) is 25.5. The summed E-state index contributed by atoms with van der Waals surface area (Å²) in [6, 6.07) is 0. The molecule has 0 fully saturated rings. The van der Waals surface area contributed by atoms with Crippen molar-refractivity contribution in [1.82, 2.24) is 4.90 Å². The van der Waals surface area contributed by atoms with E-state index in [0.29, 0.717) is 32.5 Å². The molecular weight excluding hydrogens is 663 g/mol. The molecule has 0 aliphatic heterocycles. The topological polar surface area (TPSA) is 82.1 Å². The smallest absolute Gasteiger partial charge is 0.306 e. The van der Waals surface area contributed by atoms with Crippen LogP contribution in [0.4, 0.5) is 0 Å². The van der Waals surface area contributed by atoms with Crippen molar-refractivity contribution >= 4 is 17.9 Å². The maximum absolute atomic E-state index is 13.1. The average Bonchev–Trinajstić information content (AvgIpc) is 3.08. The van der Waals surface area contributed by atoms with Gasteiger partial charge >= 0.3 is 17.9 Å². The van der Waals surface area contributed by atoms with Crippen LogP contribution in [0.3, 0.4) is 0 Å². The monoisotopic (exact) mass is 752 g/mol. The highest BCUT2D eigenvalue weighted by Crippen LogP contribution is 2.28. The molecule has 0 aromatic heterocycles. The summed E-state index contributed by atoms with van der Waals surface area (Å²) < 4.78 is 17.0. The number of ether oxygens (including phenoxy) is 3. The Bertz CT molecular complexity index is 813. The standard InChI is InChI=1S/C46H89NO6/c1-8-10-12-14-16-24-30-36-51-43(48)34-28-22-18-20-26-32-42(53-45(50)38-41(3)39-46(4,5)40-47(6)7)33-27-21-19-23-29-35-44(49)52-37-31-25-17-15-13-11-9-2/h41-42H,8-40H2,1-7H3. The second-order valence-electron chi connectivity index (χ2n) is 17.3. The Morgan fingerprint density at radius 1 is 0.528 bits per heavy atom. The van der Waals surface area contributed by atoms with Gasteiger partial charge in [-0.3, -0.25) is 14.4 Å². The molecule has 7 heteroatoms. The van der Waals surface area contributed by atoms with Crippen molar-refractivity contribution in [1.29, 1.82) is 0 Å². The highest BCUT2D eigenvalue weighted by Gasteiger charge is 2.24. The fraction of sp³-hybridized carbons (Fsp3) is 0.935. The third kappa shape index (κ3) is 37.1. The number of unbranched alkanes of at least 4 members (excludes halogenated alkanes) is 20. The lowest BCUT2D eigenvalue weighted by atomic mass is 9.82. The van der Waals surface area contributed by atoms with E-state index in [4.69, 9.17) is 14.2 Å². The fourth-order valence-corrected chi connectivity index (χ4v) is 7.69. The molecule has 0 rings (SSSR count). The number of hydrogen-bond donors (Lipinski definition) is 0. The van der Waals surface area contributed by atoms with E-state index in [-0.39, 0.29) is 35.3 Å². The molecule has 0 saturated carbocycles. The fourth-order valence-electron chi connectivity index (χ4n) is 7.69. The largest absolute Gasteiger partial charge is 0.466 e. The molecule has 0 aliphatic carbocycles. The van der Waals surface area contributed by atoms with Crippen LogP contribution in [0.1, 0.15) is 227 Å². The van der Waals surface area contributed by atoms with Crippen LogP contribution in [0.25, 0.3) is 0 Å². The third-order valence-corrected chi connectivity index (χ3v) is 10.3. The van der Waals surface area contributed by atoms with Gasteiger partial charge in [0, 0.05) is 25.8 Å². The normalized spacial score (nSPS) is 12.4. The van der Waals surface area contributed by atoms with Gasteiger partial charge in [0.05, 0.1) is 13.2 Å². The van der Waals surface area contributed by atoms with Crippen molar-refractivity contribution in [2.24, 2.45) is 11.3 Å². The van der Waals surface area contributed by atoms with E-state index in [1.807, 2.05) is 0 Å². The highest BCUT2D eigenvalue weighted by atomic mass is 16.5. The predicted octanol–water partition coefficient (Wildman–Crippen LogP) is 13.0. The van der Waals surface area contributed by atoms with Gasteiger partial charge in [-0.1, -0.05) is 150 Å². The molecule has 7 nitrogen and oxygen atoms in total. The molecule has 0 amide bonds. The molecule has 1 unspecified atom stereocenters. The molecule has 0 radical (unpaired) electrons. The van der Waals surface area contributed by atoms with E-state index >= 15 is 0 Å². The second kappa shape index (κ2) is 36.0. The summed E-state index contributed by atoms with van der Waals surface area (Å²) in [4.78, 5) is 39.5. The minimum atomic E-state index is -0.0619. The number of carbonyl (C=O) groups excluding carboxylic acids is 3. The van der Waals surface area contributed by atoms with Gasteiger partial charge in [0.1, 0.15) is 6.10 Å². The van der Waals surface area contributed by atoms with Gasteiger partial charge in [-0.25, -0.2) is 0 Å². The van der Waals surface area contributed by atoms with Gasteiger partial charge < -0.3 is 19.1 Å². The van der Waals surface area contributed by atoms with Crippen LogP contribution in [0.5, 0.6) is 0 Å². The molecule has 0 saturated heterocycles. The number of hydrogen-bond acceptors (Lipinski definition) is 7. The Balaban J connectivity index is 4.39. The first-order valence-electron chi connectivity index (χ1n) is 22.6. The lowest BCUT2D eigenvalue weighted by molar-refractivity contribution is -0.151. The summed E-state index contributed by atoms with van der Waals surface area (Å²) in [5, 5.41) is 0. The van der Waals surface area contributed by atoms with Crippen molar-refractivity contribution < 1.29 is 28.6 Å². The molecule has 0 bridgehead atoms. The Hall–Kier alpha value is -1.63. The van der Waals surface area contributed by atoms with Crippen molar-refractivity contribution in [3.05, 3.63) is 0 Å². The van der Waals surface area contributed by atoms with Crippen LogP contribution in [0.15, 0.2) is 0 Å². The number of nitrogens with zero attached hydrogens (tertiary/aromatic N) is 1. The van der Waals surface area contributed by atoms with Crippen LogP contribution >= 0.6 is 0 Å². The van der Waals surface area contributed by atoms with Gasteiger partial charge in [-0.15, -0.1) is 0 Å². The summed E-state index contributed by atoms with van der Waals surface area (Å²) >= 11 is 0. The van der Waals surface area contributed by atoms with Gasteiger partial charge in [-0.05, 0) is 83.2 Å². The Labute approximate surface area is 329 Å². The summed E-state index contributed by atoms with van der Waals surface area (Å²) in [5.74, 6) is 0.109. The first-order valence-corrected chi connectivity index (χ1v) is 22.6. The molecule has 0 N–H and O–H groups in total. The number of carbonyl (C=O) groups is 3. The molecule has 0 aromatic rings. The molecule has 0 heterocycles. The summed E-state index contributed by atoms with van der Waals surface area (Å²) in [5.41, 5.74) is 0.150. The molecule has 0 spiro atoms. The van der Waals surface area contributed by atoms with Crippen LogP contribution in [-0.4, -0.2) is 62.8 Å². The van der Waals surface area contributed by atoms with Crippen LogP contribution in [-0.2, 0) is 28.6 Å². The lowest BCUT2D eigenvalue weighted by Gasteiger charge is -2.31. The predicted molar refractivity (Wildman–Crippen MR) is 223 cm³/mol. The zero-order chi connectivity index (χ0) is 39.4. The average molecular weight is 752 g/mol. The highest BCUT2D eigenvalue weighted by molar-refractivity contribution is 5.70. The van der Waals surface area contributed by atoms with E-state index in [1.54, 1.807) is 0 Å². The van der Waals surface area contributed by atoms with Crippen LogP contribution in [0.2, 0.25) is 0 Å². The second-order valence-corrected chi connectivity index (χ2v) is 17.3. The van der Waals surface area contributed by atoms with E-state index in [1.165, 1.54) is 64.2 Å². The summed E-state index contributed by atoms with van der Waals surface area (Å²) in [6.45, 7) is 13.3. The molecule has 53 heavy (non-hydrogen) atoms.